The number of halogens is 1. The van der Waals surface area contributed by atoms with Gasteiger partial charge in [-0.3, -0.25) is 4.98 Å². The molecule has 0 aliphatic heterocycles. The number of aromatic nitrogens is 1. The van der Waals surface area contributed by atoms with E-state index < -0.39 is 11.8 Å². The van der Waals surface area contributed by atoms with Crippen LogP contribution in [0.4, 0.5) is 14.9 Å². The quantitative estimate of drug-likeness (QED) is 0.890. The van der Waals surface area contributed by atoms with Crippen molar-refractivity contribution in [3.05, 3.63) is 54.1 Å². The zero-order chi connectivity index (χ0) is 15.9. The van der Waals surface area contributed by atoms with Gasteiger partial charge in [0.05, 0.1) is 11.8 Å². The highest BCUT2D eigenvalue weighted by Gasteiger charge is 2.09. The van der Waals surface area contributed by atoms with Gasteiger partial charge in [-0.15, -0.1) is 0 Å². The van der Waals surface area contributed by atoms with E-state index in [1.165, 1.54) is 12.1 Å². The second kappa shape index (κ2) is 7.40. The Morgan fingerprint density at radius 2 is 2.18 bits per heavy atom. The minimum Gasteiger partial charge on any atom is -0.491 e. The van der Waals surface area contributed by atoms with Gasteiger partial charge in [-0.2, -0.15) is 0 Å². The fraction of sp³-hybridized carbons (Fsp3) is 0.250. The summed E-state index contributed by atoms with van der Waals surface area (Å²) in [6.07, 6.45) is 3.26. The number of carbonyl (C=O) groups excluding carboxylic acids is 1. The van der Waals surface area contributed by atoms with Crippen LogP contribution in [0.15, 0.2) is 42.7 Å². The summed E-state index contributed by atoms with van der Waals surface area (Å²) in [6, 6.07) is 7.46. The van der Waals surface area contributed by atoms with E-state index in [2.05, 4.69) is 15.6 Å². The number of urea groups is 1. The molecule has 2 amide bonds. The van der Waals surface area contributed by atoms with Crippen LogP contribution in [0.3, 0.4) is 0 Å². The van der Waals surface area contributed by atoms with E-state index in [0.29, 0.717) is 12.3 Å². The molecule has 6 heteroatoms. The van der Waals surface area contributed by atoms with Crippen molar-refractivity contribution >= 4 is 11.7 Å². The number of nitrogens with zero attached hydrogens (tertiary/aromatic N) is 1. The molecule has 1 aromatic heterocycles. The summed E-state index contributed by atoms with van der Waals surface area (Å²) in [5, 5.41) is 5.09. The van der Waals surface area contributed by atoms with E-state index in [1.54, 1.807) is 24.5 Å². The predicted octanol–water partition coefficient (Wildman–Crippen LogP) is 3.33. The fourth-order valence-electron chi connectivity index (χ4n) is 1.79. The normalized spacial score (nSPS) is 10.4. The molecule has 1 aromatic carbocycles. The summed E-state index contributed by atoms with van der Waals surface area (Å²) >= 11 is 0. The molecular weight excluding hydrogens is 285 g/mol. The Kier molecular flexibility index (Phi) is 5.30. The zero-order valence-corrected chi connectivity index (χ0v) is 12.5. The summed E-state index contributed by atoms with van der Waals surface area (Å²) in [5.41, 5.74) is 0.957. The standard InChI is InChI=1S/C16H18FN3O2/c1-11(2)22-13-5-6-15(14(17)8-13)20-16(21)19-10-12-4-3-7-18-9-12/h3-9,11H,10H2,1-2H3,(H2,19,20,21). The summed E-state index contributed by atoms with van der Waals surface area (Å²) in [7, 11) is 0. The van der Waals surface area contributed by atoms with Crippen LogP contribution >= 0.6 is 0 Å². The number of rotatable bonds is 5. The molecule has 0 aliphatic rings. The highest BCUT2D eigenvalue weighted by molar-refractivity contribution is 5.89. The highest BCUT2D eigenvalue weighted by atomic mass is 19.1. The molecule has 0 saturated carbocycles. The van der Waals surface area contributed by atoms with Gasteiger partial charge in [0.2, 0.25) is 0 Å². The lowest BCUT2D eigenvalue weighted by Crippen LogP contribution is -2.28. The molecule has 0 spiro atoms. The van der Waals surface area contributed by atoms with Crippen LogP contribution in [0.5, 0.6) is 5.75 Å². The number of pyridine rings is 1. The van der Waals surface area contributed by atoms with Crippen LogP contribution in [-0.2, 0) is 6.54 Å². The third kappa shape index (κ3) is 4.73. The minimum absolute atomic E-state index is 0.0408. The maximum atomic E-state index is 13.9. The van der Waals surface area contributed by atoms with Crippen LogP contribution in [0.25, 0.3) is 0 Å². The number of amides is 2. The lowest BCUT2D eigenvalue weighted by molar-refractivity contribution is 0.241. The maximum absolute atomic E-state index is 13.9. The first-order chi connectivity index (χ1) is 10.5. The van der Waals surface area contributed by atoms with E-state index in [4.69, 9.17) is 4.74 Å². The molecule has 0 radical (unpaired) electrons. The largest absolute Gasteiger partial charge is 0.491 e. The van der Waals surface area contributed by atoms with Gasteiger partial charge in [-0.25, -0.2) is 9.18 Å². The van der Waals surface area contributed by atoms with Crippen molar-refractivity contribution in [1.82, 2.24) is 10.3 Å². The van der Waals surface area contributed by atoms with Crippen molar-refractivity contribution in [1.29, 1.82) is 0 Å². The van der Waals surface area contributed by atoms with E-state index >= 15 is 0 Å². The van der Waals surface area contributed by atoms with Gasteiger partial charge in [0, 0.05) is 25.0 Å². The number of nitrogens with one attached hydrogen (secondary N) is 2. The Balaban J connectivity index is 1.91. The number of anilines is 1. The van der Waals surface area contributed by atoms with E-state index in [9.17, 15) is 9.18 Å². The predicted molar refractivity (Wildman–Crippen MR) is 82.3 cm³/mol. The third-order valence-corrected chi connectivity index (χ3v) is 2.74. The second-order valence-corrected chi connectivity index (χ2v) is 4.98. The number of benzene rings is 1. The van der Waals surface area contributed by atoms with Crippen LogP contribution in [0.2, 0.25) is 0 Å². The van der Waals surface area contributed by atoms with Gasteiger partial charge < -0.3 is 15.4 Å². The van der Waals surface area contributed by atoms with Crippen LogP contribution in [0.1, 0.15) is 19.4 Å². The Hall–Kier alpha value is -2.63. The molecule has 116 valence electrons. The Bertz CT molecular complexity index is 633. The summed E-state index contributed by atoms with van der Waals surface area (Å²) in [6.45, 7) is 4.03. The lowest BCUT2D eigenvalue weighted by atomic mass is 10.3. The first-order valence-corrected chi connectivity index (χ1v) is 6.94. The van der Waals surface area contributed by atoms with Crippen LogP contribution in [-0.4, -0.2) is 17.1 Å². The summed E-state index contributed by atoms with van der Waals surface area (Å²) in [4.78, 5) is 15.7. The number of ether oxygens (including phenoxy) is 1. The fourth-order valence-corrected chi connectivity index (χ4v) is 1.79. The summed E-state index contributed by atoms with van der Waals surface area (Å²) < 4.78 is 19.3. The molecular formula is C16H18FN3O2. The third-order valence-electron chi connectivity index (χ3n) is 2.74. The van der Waals surface area contributed by atoms with Gasteiger partial charge in [-0.1, -0.05) is 6.07 Å². The van der Waals surface area contributed by atoms with Crippen molar-refractivity contribution < 1.29 is 13.9 Å². The zero-order valence-electron chi connectivity index (χ0n) is 12.5. The highest BCUT2D eigenvalue weighted by Crippen LogP contribution is 2.21. The van der Waals surface area contributed by atoms with Crippen molar-refractivity contribution in [3.8, 4) is 5.75 Å². The molecule has 1 heterocycles. The molecule has 0 aliphatic carbocycles. The molecule has 22 heavy (non-hydrogen) atoms. The van der Waals surface area contributed by atoms with E-state index in [0.717, 1.165) is 5.56 Å². The number of hydrogen-bond donors (Lipinski definition) is 2. The summed E-state index contributed by atoms with van der Waals surface area (Å²) in [5.74, 6) is -0.122. The maximum Gasteiger partial charge on any atom is 0.319 e. The Morgan fingerprint density at radius 1 is 1.36 bits per heavy atom. The van der Waals surface area contributed by atoms with Crippen molar-refractivity contribution in [2.24, 2.45) is 0 Å². The average molecular weight is 303 g/mol. The number of carbonyl (C=O) groups is 1. The van der Waals surface area contributed by atoms with Crippen molar-refractivity contribution in [3.63, 3.8) is 0 Å². The molecule has 0 bridgehead atoms. The van der Waals surface area contributed by atoms with Gasteiger partial charge in [0.15, 0.2) is 0 Å². The van der Waals surface area contributed by atoms with Crippen molar-refractivity contribution in [2.45, 2.75) is 26.5 Å². The SMILES string of the molecule is CC(C)Oc1ccc(NC(=O)NCc2cccnc2)c(F)c1. The van der Waals surface area contributed by atoms with Gasteiger partial charge in [0.25, 0.3) is 0 Å². The van der Waals surface area contributed by atoms with Gasteiger partial charge in [-0.05, 0) is 37.6 Å². The molecule has 2 rings (SSSR count). The van der Waals surface area contributed by atoms with E-state index in [1.807, 2.05) is 19.9 Å². The van der Waals surface area contributed by atoms with Crippen LogP contribution in [0, 0.1) is 5.82 Å². The Morgan fingerprint density at radius 3 is 2.82 bits per heavy atom. The first-order valence-electron chi connectivity index (χ1n) is 6.94. The molecule has 2 aromatic rings. The van der Waals surface area contributed by atoms with Gasteiger partial charge >= 0.3 is 6.03 Å². The minimum atomic E-state index is -0.547. The molecule has 2 N–H and O–H groups in total. The first kappa shape index (κ1) is 15.8. The van der Waals surface area contributed by atoms with Gasteiger partial charge in [0.1, 0.15) is 11.6 Å². The average Bonchev–Trinajstić information content (AvgIpc) is 2.48. The topological polar surface area (TPSA) is 63.2 Å². The Labute approximate surface area is 128 Å². The van der Waals surface area contributed by atoms with Crippen LogP contribution < -0.4 is 15.4 Å². The van der Waals surface area contributed by atoms with Crippen molar-refractivity contribution in [2.75, 3.05) is 5.32 Å². The molecule has 0 unspecified atom stereocenters. The smallest absolute Gasteiger partial charge is 0.319 e. The molecule has 5 nitrogen and oxygen atoms in total. The molecule has 0 fully saturated rings. The lowest BCUT2D eigenvalue weighted by Gasteiger charge is -2.12. The number of hydrogen-bond acceptors (Lipinski definition) is 3. The second-order valence-electron chi connectivity index (χ2n) is 4.98. The molecule has 0 atom stereocenters. The van der Waals surface area contributed by atoms with E-state index in [-0.39, 0.29) is 11.8 Å². The molecule has 0 saturated heterocycles. The monoisotopic (exact) mass is 303 g/mol.